The van der Waals surface area contributed by atoms with Crippen molar-refractivity contribution < 1.29 is 4.79 Å². The summed E-state index contributed by atoms with van der Waals surface area (Å²) in [6, 6.07) is 0.435. The number of carbonyl (C=O) groups excluding carboxylic acids is 1. The minimum Gasteiger partial charge on any atom is -0.355 e. The van der Waals surface area contributed by atoms with E-state index in [2.05, 4.69) is 10.6 Å². The van der Waals surface area contributed by atoms with E-state index in [4.69, 9.17) is 0 Å². The van der Waals surface area contributed by atoms with E-state index < -0.39 is 0 Å². The van der Waals surface area contributed by atoms with Crippen LogP contribution in [0.15, 0.2) is 0 Å². The first kappa shape index (κ1) is 12.2. The lowest BCUT2D eigenvalue weighted by atomic mass is 9.51. The first-order valence-electron chi connectivity index (χ1n) is 8.28. The van der Waals surface area contributed by atoms with Gasteiger partial charge in [-0.15, -0.1) is 0 Å². The van der Waals surface area contributed by atoms with E-state index in [0.717, 1.165) is 42.7 Å². The van der Waals surface area contributed by atoms with Gasteiger partial charge >= 0.3 is 0 Å². The van der Waals surface area contributed by atoms with Crippen molar-refractivity contribution in [1.82, 2.24) is 10.6 Å². The molecular formula is C16H26N2O. The third-order valence-corrected chi connectivity index (χ3v) is 6.29. The maximum absolute atomic E-state index is 11.7. The van der Waals surface area contributed by atoms with Crippen LogP contribution < -0.4 is 10.6 Å². The molecule has 4 aliphatic carbocycles. The van der Waals surface area contributed by atoms with Crippen molar-refractivity contribution in [2.45, 2.75) is 51.0 Å². The number of amides is 1. The predicted octanol–water partition coefficient (Wildman–Crippen LogP) is 1.93. The Labute approximate surface area is 115 Å². The summed E-state index contributed by atoms with van der Waals surface area (Å²) in [6.07, 6.45) is 9.47. The van der Waals surface area contributed by atoms with Crippen LogP contribution in [0.2, 0.25) is 0 Å². The Hall–Kier alpha value is -0.570. The molecule has 4 bridgehead atoms. The van der Waals surface area contributed by atoms with Gasteiger partial charge in [0.05, 0.1) is 0 Å². The van der Waals surface area contributed by atoms with Gasteiger partial charge in [-0.3, -0.25) is 4.79 Å². The lowest BCUT2D eigenvalue weighted by Gasteiger charge is -2.55. The highest BCUT2D eigenvalue weighted by molar-refractivity contribution is 5.76. The molecule has 0 radical (unpaired) electrons. The van der Waals surface area contributed by atoms with Crippen LogP contribution in [0.25, 0.3) is 0 Å². The molecule has 0 spiro atoms. The van der Waals surface area contributed by atoms with Crippen molar-refractivity contribution >= 4 is 5.91 Å². The van der Waals surface area contributed by atoms with E-state index in [1.54, 1.807) is 0 Å². The highest BCUT2D eigenvalue weighted by Crippen LogP contribution is 2.57. The number of carbonyl (C=O) groups is 1. The van der Waals surface area contributed by atoms with Crippen LogP contribution in [0.1, 0.15) is 44.9 Å². The Balaban J connectivity index is 1.43. The fourth-order valence-electron chi connectivity index (χ4n) is 5.76. The summed E-state index contributed by atoms with van der Waals surface area (Å²) < 4.78 is 0. The summed E-state index contributed by atoms with van der Waals surface area (Å²) in [5, 5.41) is 6.56. The molecule has 106 valence electrons. The topological polar surface area (TPSA) is 41.1 Å². The van der Waals surface area contributed by atoms with Crippen molar-refractivity contribution in [2.75, 3.05) is 13.1 Å². The lowest BCUT2D eigenvalue weighted by molar-refractivity contribution is -0.121. The van der Waals surface area contributed by atoms with Gasteiger partial charge in [-0.1, -0.05) is 0 Å². The first-order chi connectivity index (χ1) is 9.28. The summed E-state index contributed by atoms with van der Waals surface area (Å²) in [7, 11) is 0. The molecule has 0 aromatic carbocycles. The predicted molar refractivity (Wildman–Crippen MR) is 74.6 cm³/mol. The third kappa shape index (κ3) is 2.31. The maximum Gasteiger partial charge on any atom is 0.221 e. The van der Waals surface area contributed by atoms with E-state index in [1.807, 2.05) is 0 Å². The number of nitrogens with one attached hydrogen (secondary N) is 2. The van der Waals surface area contributed by atoms with Gasteiger partial charge in [-0.2, -0.15) is 0 Å². The van der Waals surface area contributed by atoms with Crippen LogP contribution in [-0.2, 0) is 4.79 Å². The average molecular weight is 262 g/mol. The lowest BCUT2D eigenvalue weighted by Crippen LogP contribution is -2.47. The summed E-state index contributed by atoms with van der Waals surface area (Å²) in [4.78, 5) is 11.7. The summed E-state index contributed by atoms with van der Waals surface area (Å²) >= 11 is 0. The van der Waals surface area contributed by atoms with Crippen molar-refractivity contribution in [3.05, 3.63) is 0 Å². The van der Waals surface area contributed by atoms with Crippen LogP contribution in [0.3, 0.4) is 0 Å². The third-order valence-electron chi connectivity index (χ3n) is 6.29. The molecule has 1 aliphatic heterocycles. The minimum absolute atomic E-state index is 0.249. The van der Waals surface area contributed by atoms with Gasteiger partial charge in [0.25, 0.3) is 0 Å². The molecule has 19 heavy (non-hydrogen) atoms. The molecule has 1 unspecified atom stereocenters. The van der Waals surface area contributed by atoms with Gasteiger partial charge in [-0.05, 0) is 68.1 Å². The number of rotatable bonds is 2. The molecule has 4 saturated carbocycles. The van der Waals surface area contributed by atoms with Crippen LogP contribution in [0.5, 0.6) is 0 Å². The smallest absolute Gasteiger partial charge is 0.221 e. The number of hydrogen-bond donors (Lipinski definition) is 2. The van der Waals surface area contributed by atoms with Crippen molar-refractivity contribution in [2.24, 2.45) is 29.6 Å². The minimum atomic E-state index is 0.249. The zero-order valence-corrected chi connectivity index (χ0v) is 11.7. The van der Waals surface area contributed by atoms with Crippen LogP contribution in [-0.4, -0.2) is 25.0 Å². The van der Waals surface area contributed by atoms with E-state index in [-0.39, 0.29) is 5.91 Å². The highest BCUT2D eigenvalue weighted by atomic mass is 16.1. The molecule has 1 heterocycles. The molecular weight excluding hydrogens is 236 g/mol. The molecule has 3 heteroatoms. The molecule has 1 atom stereocenters. The highest BCUT2D eigenvalue weighted by Gasteiger charge is 2.48. The fourth-order valence-corrected chi connectivity index (χ4v) is 5.76. The SMILES string of the molecule is O=C1CC(CC2C3CC4CC(C3)CC2C4)NCCN1. The second-order valence-corrected chi connectivity index (χ2v) is 7.54. The van der Waals surface area contributed by atoms with Crippen LogP contribution in [0, 0.1) is 29.6 Å². The molecule has 0 aromatic heterocycles. The number of hydrogen-bond acceptors (Lipinski definition) is 2. The standard InChI is InChI=1S/C16H26N2O/c19-16-9-14(17-1-2-18-16)8-15-12-4-10-3-11(6-12)7-13(15)5-10/h10-15,17H,1-9H2,(H,18,19). The largest absolute Gasteiger partial charge is 0.355 e. The zero-order valence-electron chi connectivity index (χ0n) is 11.7. The average Bonchev–Trinajstić information content (AvgIpc) is 2.57. The Morgan fingerprint density at radius 2 is 1.63 bits per heavy atom. The van der Waals surface area contributed by atoms with Crippen LogP contribution >= 0.6 is 0 Å². The van der Waals surface area contributed by atoms with Crippen molar-refractivity contribution in [1.29, 1.82) is 0 Å². The molecule has 5 aliphatic rings. The fraction of sp³-hybridized carbons (Fsp3) is 0.938. The second kappa shape index (κ2) is 4.76. The first-order valence-corrected chi connectivity index (χ1v) is 8.28. The van der Waals surface area contributed by atoms with Gasteiger partial charge in [-0.25, -0.2) is 0 Å². The quantitative estimate of drug-likeness (QED) is 0.798. The van der Waals surface area contributed by atoms with E-state index in [1.165, 1.54) is 38.5 Å². The monoisotopic (exact) mass is 262 g/mol. The van der Waals surface area contributed by atoms with E-state index >= 15 is 0 Å². The van der Waals surface area contributed by atoms with Gasteiger partial charge < -0.3 is 10.6 Å². The molecule has 5 rings (SSSR count). The molecule has 1 saturated heterocycles. The molecule has 0 aromatic rings. The van der Waals surface area contributed by atoms with Gasteiger partial charge in [0.2, 0.25) is 5.91 Å². The Bertz CT molecular complexity index is 340. The van der Waals surface area contributed by atoms with E-state index in [9.17, 15) is 4.79 Å². The molecule has 3 nitrogen and oxygen atoms in total. The van der Waals surface area contributed by atoms with Crippen LogP contribution in [0.4, 0.5) is 0 Å². The summed E-state index contributed by atoms with van der Waals surface area (Å²) in [6.45, 7) is 1.75. The van der Waals surface area contributed by atoms with Gasteiger partial charge in [0, 0.05) is 25.6 Å². The molecule has 5 fully saturated rings. The summed E-state index contributed by atoms with van der Waals surface area (Å²) in [5.74, 6) is 5.26. The van der Waals surface area contributed by atoms with E-state index in [0.29, 0.717) is 12.5 Å². The Kier molecular flexibility index (Phi) is 3.06. The molecule has 1 amide bonds. The van der Waals surface area contributed by atoms with Crippen molar-refractivity contribution in [3.8, 4) is 0 Å². The summed E-state index contributed by atoms with van der Waals surface area (Å²) in [5.41, 5.74) is 0. The Morgan fingerprint density at radius 3 is 2.32 bits per heavy atom. The second-order valence-electron chi connectivity index (χ2n) is 7.54. The van der Waals surface area contributed by atoms with Gasteiger partial charge in [0.15, 0.2) is 0 Å². The van der Waals surface area contributed by atoms with Gasteiger partial charge in [0.1, 0.15) is 0 Å². The van der Waals surface area contributed by atoms with Crippen molar-refractivity contribution in [3.63, 3.8) is 0 Å². The molecule has 2 N–H and O–H groups in total. The normalized spacial score (nSPS) is 48.9. The maximum atomic E-state index is 11.7. The Morgan fingerprint density at radius 1 is 0.947 bits per heavy atom. The zero-order chi connectivity index (χ0) is 12.8.